The zero-order valence-corrected chi connectivity index (χ0v) is 18.3. The number of ether oxygens (including phenoxy) is 1. The molecule has 1 unspecified atom stereocenters. The minimum atomic E-state index is -1.29. The normalized spacial score (nSPS) is 12.7. The second-order valence-corrected chi connectivity index (χ2v) is 9.17. The van der Waals surface area contributed by atoms with Crippen LogP contribution in [0.3, 0.4) is 0 Å². The number of rotatable bonds is 8. The Morgan fingerprint density at radius 2 is 2.17 bits per heavy atom. The van der Waals surface area contributed by atoms with Crippen LogP contribution in [0.5, 0.6) is 0 Å². The van der Waals surface area contributed by atoms with Gasteiger partial charge in [-0.2, -0.15) is 5.10 Å². The largest absolute Gasteiger partial charge is 0.611 e. The summed E-state index contributed by atoms with van der Waals surface area (Å²) in [5.41, 5.74) is 12.3. The van der Waals surface area contributed by atoms with Crippen LogP contribution in [0.25, 0.3) is 26.9 Å². The summed E-state index contributed by atoms with van der Waals surface area (Å²) in [6.45, 7) is 5.41. The fourth-order valence-electron chi connectivity index (χ4n) is 2.95. The Labute approximate surface area is 181 Å². The van der Waals surface area contributed by atoms with Crippen molar-refractivity contribution in [3.05, 3.63) is 48.2 Å². The van der Waals surface area contributed by atoms with E-state index in [2.05, 4.69) is 17.2 Å². The van der Waals surface area contributed by atoms with Gasteiger partial charge in [0.05, 0.1) is 12.3 Å². The predicted molar refractivity (Wildman–Crippen MR) is 124 cm³/mol. The van der Waals surface area contributed by atoms with E-state index in [1.165, 1.54) is 17.4 Å². The number of amides is 1. The molecule has 0 spiro atoms. The second-order valence-electron chi connectivity index (χ2n) is 6.41. The number of pyridine rings is 1. The number of nitrogens with zero attached hydrogens (tertiary/aromatic N) is 2. The van der Waals surface area contributed by atoms with Gasteiger partial charge in [0, 0.05) is 36.5 Å². The van der Waals surface area contributed by atoms with E-state index in [9.17, 15) is 9.35 Å². The molecule has 0 fully saturated rings. The zero-order valence-electron chi connectivity index (χ0n) is 16.7. The molecule has 1 amide bonds. The van der Waals surface area contributed by atoms with Gasteiger partial charge in [-0.05, 0) is 29.7 Å². The van der Waals surface area contributed by atoms with Crippen LogP contribution in [0.1, 0.15) is 12.6 Å². The highest BCUT2D eigenvalue weighted by Gasteiger charge is 2.24. The molecule has 30 heavy (non-hydrogen) atoms. The first-order valence-corrected chi connectivity index (χ1v) is 11.2. The van der Waals surface area contributed by atoms with Crippen LogP contribution in [-0.4, -0.2) is 41.6 Å². The summed E-state index contributed by atoms with van der Waals surface area (Å²) in [6.07, 6.45) is 1.41. The third-order valence-corrected chi connectivity index (χ3v) is 7.24. The summed E-state index contributed by atoms with van der Waals surface area (Å²) in [5.74, 6) is -0.0352. The van der Waals surface area contributed by atoms with Crippen molar-refractivity contribution in [2.45, 2.75) is 11.1 Å². The Morgan fingerprint density at radius 3 is 2.83 bits per heavy atom. The maximum absolute atomic E-state index is 12.7. The highest BCUT2D eigenvalue weighted by atomic mass is 32.2. The summed E-state index contributed by atoms with van der Waals surface area (Å²) in [4.78, 5) is 17.2. The molecule has 1 aromatic carbocycles. The zero-order chi connectivity index (χ0) is 21.7. The van der Waals surface area contributed by atoms with Crippen molar-refractivity contribution >= 4 is 56.6 Å². The lowest BCUT2D eigenvalue weighted by molar-refractivity contribution is -0.116. The molecule has 3 aromatic rings. The number of nitrogens with two attached hydrogens (primary N) is 1. The average molecular weight is 443 g/mol. The van der Waals surface area contributed by atoms with Crippen molar-refractivity contribution in [1.82, 2.24) is 10.4 Å². The summed E-state index contributed by atoms with van der Waals surface area (Å²) in [5, 5.41) is 4.15. The van der Waals surface area contributed by atoms with Crippen molar-refractivity contribution in [2.24, 2.45) is 5.10 Å². The molecule has 0 saturated carbocycles. The van der Waals surface area contributed by atoms with Crippen LogP contribution in [0.4, 0.5) is 5.69 Å². The third-order valence-electron chi connectivity index (χ3n) is 4.37. The van der Waals surface area contributed by atoms with E-state index in [4.69, 9.17) is 15.5 Å². The van der Waals surface area contributed by atoms with Crippen LogP contribution in [-0.2, 0) is 20.7 Å². The second kappa shape index (κ2) is 9.86. The molecule has 0 aliphatic carbocycles. The van der Waals surface area contributed by atoms with Crippen molar-refractivity contribution in [2.75, 3.05) is 25.2 Å². The molecule has 0 saturated heterocycles. The van der Waals surface area contributed by atoms with Gasteiger partial charge < -0.3 is 15.0 Å². The van der Waals surface area contributed by atoms with Crippen LogP contribution in [0.15, 0.2) is 51.8 Å². The lowest BCUT2D eigenvalue weighted by Crippen LogP contribution is -2.13. The molecule has 0 bridgehead atoms. The fraction of sp³-hybridized carbons (Fsp3) is 0.190. The SMILES string of the molecule is C=NNC(=O)/C=C(\C)c1cc(-c2ccccc2)c2c(N)c([S+]([O-])CCOC)sc2n1. The molecular weight excluding hydrogens is 420 g/mol. The van der Waals surface area contributed by atoms with Gasteiger partial charge in [0.1, 0.15) is 16.3 Å². The molecule has 9 heteroatoms. The molecule has 2 aromatic heterocycles. The molecule has 0 aliphatic heterocycles. The van der Waals surface area contributed by atoms with Crippen LogP contribution in [0.2, 0.25) is 0 Å². The topological polar surface area (TPSA) is 113 Å². The van der Waals surface area contributed by atoms with Crippen LogP contribution in [0, 0.1) is 0 Å². The summed E-state index contributed by atoms with van der Waals surface area (Å²) < 4.78 is 18.4. The number of benzene rings is 1. The van der Waals surface area contributed by atoms with Gasteiger partial charge in [-0.15, -0.1) is 0 Å². The highest BCUT2D eigenvalue weighted by Crippen LogP contribution is 2.42. The van der Waals surface area contributed by atoms with E-state index in [0.29, 0.717) is 38.4 Å². The van der Waals surface area contributed by atoms with Crippen molar-refractivity contribution in [3.63, 3.8) is 0 Å². The number of aromatic nitrogens is 1. The predicted octanol–water partition coefficient (Wildman–Crippen LogP) is 3.43. The van der Waals surface area contributed by atoms with Crippen molar-refractivity contribution < 1.29 is 14.1 Å². The standard InChI is InChI=1S/C21H22N4O3S2/c1-13(11-17(26)25-23-2)16-12-15(14-7-5-4-6-8-14)18-19(22)21(29-20(18)24-16)30(27)10-9-28-3/h4-8,11-12H,2,9-10,22H2,1,3H3,(H,25,26)/b13-11+. The number of hydrazone groups is 1. The lowest BCUT2D eigenvalue weighted by Gasteiger charge is -2.10. The van der Waals surface area contributed by atoms with Gasteiger partial charge in [-0.1, -0.05) is 41.7 Å². The van der Waals surface area contributed by atoms with Gasteiger partial charge in [-0.25, -0.2) is 10.4 Å². The molecule has 1 atom stereocenters. The maximum atomic E-state index is 12.7. The molecule has 156 valence electrons. The monoisotopic (exact) mass is 442 g/mol. The van der Waals surface area contributed by atoms with Gasteiger partial charge in [0.2, 0.25) is 4.21 Å². The molecule has 3 rings (SSSR count). The Bertz CT molecular complexity index is 1100. The van der Waals surface area contributed by atoms with Crippen LogP contribution >= 0.6 is 11.3 Å². The number of hydrogen-bond donors (Lipinski definition) is 2. The van der Waals surface area contributed by atoms with E-state index in [-0.39, 0.29) is 0 Å². The first-order chi connectivity index (χ1) is 14.5. The first kappa shape index (κ1) is 22.0. The molecule has 2 heterocycles. The summed E-state index contributed by atoms with van der Waals surface area (Å²) in [7, 11) is 1.57. The average Bonchev–Trinajstić information content (AvgIpc) is 3.08. The summed E-state index contributed by atoms with van der Waals surface area (Å²) in [6, 6.07) is 11.7. The van der Waals surface area contributed by atoms with Gasteiger partial charge in [-0.3, -0.25) is 4.79 Å². The Balaban J connectivity index is 2.19. The smallest absolute Gasteiger partial charge is 0.264 e. The van der Waals surface area contributed by atoms with E-state index in [1.807, 2.05) is 36.4 Å². The third kappa shape index (κ3) is 4.71. The highest BCUT2D eigenvalue weighted by molar-refractivity contribution is 7.93. The van der Waals surface area contributed by atoms with E-state index >= 15 is 0 Å². The van der Waals surface area contributed by atoms with Gasteiger partial charge in [0.25, 0.3) is 5.91 Å². The maximum Gasteiger partial charge on any atom is 0.264 e. The molecule has 7 nitrogen and oxygen atoms in total. The molecule has 3 N–H and O–H groups in total. The minimum absolute atomic E-state index is 0.356. The molecule has 0 radical (unpaired) electrons. The fourth-order valence-corrected chi connectivity index (χ4v) is 5.51. The number of anilines is 1. The van der Waals surface area contributed by atoms with E-state index < -0.39 is 17.1 Å². The Hall–Kier alpha value is -2.72. The number of hydrogen-bond acceptors (Lipinski definition) is 7. The number of methoxy groups -OCH3 is 1. The first-order valence-electron chi connectivity index (χ1n) is 9.06. The Morgan fingerprint density at radius 1 is 1.43 bits per heavy atom. The minimum Gasteiger partial charge on any atom is -0.611 e. The number of thiophene rings is 1. The van der Waals surface area contributed by atoms with Crippen molar-refractivity contribution in [3.8, 4) is 11.1 Å². The number of fused-ring (bicyclic) bond motifs is 1. The van der Waals surface area contributed by atoms with Gasteiger partial charge >= 0.3 is 0 Å². The number of carbonyl (C=O) groups excluding carboxylic acids is 1. The number of allylic oxidation sites excluding steroid dienone is 1. The number of nitrogen functional groups attached to an aromatic ring is 1. The molecular formula is C21H22N4O3S2. The lowest BCUT2D eigenvalue weighted by atomic mass is 10.0. The number of carbonyl (C=O) groups is 1. The van der Waals surface area contributed by atoms with Crippen molar-refractivity contribution in [1.29, 1.82) is 0 Å². The quantitative estimate of drug-likeness (QED) is 0.240. The van der Waals surface area contributed by atoms with Crippen LogP contribution < -0.4 is 11.2 Å². The molecule has 0 aliphatic rings. The Kier molecular flexibility index (Phi) is 7.22. The van der Waals surface area contributed by atoms with E-state index in [1.54, 1.807) is 14.0 Å². The van der Waals surface area contributed by atoms with E-state index in [0.717, 1.165) is 16.5 Å². The summed E-state index contributed by atoms with van der Waals surface area (Å²) >= 11 is 0.0130. The number of nitrogens with one attached hydrogen (secondary N) is 1. The van der Waals surface area contributed by atoms with Gasteiger partial charge in [0.15, 0.2) is 0 Å².